The lowest BCUT2D eigenvalue weighted by atomic mass is 9.95. The van der Waals surface area contributed by atoms with Gasteiger partial charge in [0.2, 0.25) is 0 Å². The second kappa shape index (κ2) is 8.54. The van der Waals surface area contributed by atoms with E-state index in [1.54, 1.807) is 12.4 Å². The second-order valence-electron chi connectivity index (χ2n) is 7.52. The Kier molecular flexibility index (Phi) is 5.69. The summed E-state index contributed by atoms with van der Waals surface area (Å²) in [6.45, 7) is 3.27. The number of hydrogen-bond donors (Lipinski definition) is 1. The Morgan fingerprint density at radius 2 is 1.61 bits per heavy atom. The monoisotopic (exact) mass is 383 g/mol. The van der Waals surface area contributed by atoms with Crippen molar-refractivity contribution in [2.24, 2.45) is 0 Å². The van der Waals surface area contributed by atoms with E-state index < -0.39 is 0 Å². The number of rotatable bonds is 4. The molecule has 1 aliphatic heterocycles. The van der Waals surface area contributed by atoms with Crippen molar-refractivity contribution in [3.63, 3.8) is 0 Å². The van der Waals surface area contributed by atoms with Crippen molar-refractivity contribution < 1.29 is 9.18 Å². The van der Waals surface area contributed by atoms with Crippen LogP contribution >= 0.6 is 0 Å². The number of hydrogen-bond acceptors (Lipinski definition) is 5. The molecule has 1 N–H and O–H groups in total. The number of aromatic nitrogens is 2. The molecule has 1 amide bonds. The predicted octanol–water partition coefficient (Wildman–Crippen LogP) is 3.00. The van der Waals surface area contributed by atoms with E-state index >= 15 is 0 Å². The lowest BCUT2D eigenvalue weighted by Crippen LogP contribution is -2.47. The van der Waals surface area contributed by atoms with Crippen LogP contribution in [0.25, 0.3) is 0 Å². The minimum atomic E-state index is -0.217. The molecule has 28 heavy (non-hydrogen) atoms. The largest absolute Gasteiger partial charge is 0.368 e. The van der Waals surface area contributed by atoms with Crippen LogP contribution in [-0.2, 0) is 0 Å². The van der Waals surface area contributed by atoms with Gasteiger partial charge < -0.3 is 15.1 Å². The molecule has 1 aliphatic carbocycles. The van der Waals surface area contributed by atoms with Crippen molar-refractivity contribution in [3.05, 3.63) is 48.2 Å². The summed E-state index contributed by atoms with van der Waals surface area (Å²) in [5.41, 5.74) is 1.40. The number of carbonyl (C=O) groups excluding carboxylic acids is 1. The van der Waals surface area contributed by atoms with Gasteiger partial charge in [-0.05, 0) is 37.1 Å². The lowest BCUT2D eigenvalue weighted by Gasteiger charge is -2.36. The van der Waals surface area contributed by atoms with Crippen LogP contribution in [0.1, 0.15) is 42.6 Å². The fourth-order valence-electron chi connectivity index (χ4n) is 3.95. The normalized spacial score (nSPS) is 18.2. The molecule has 4 rings (SSSR count). The molecule has 0 unspecified atom stereocenters. The number of halogens is 1. The maximum absolute atomic E-state index is 13.1. The molecule has 1 saturated heterocycles. The van der Waals surface area contributed by atoms with Gasteiger partial charge in [-0.3, -0.25) is 4.79 Å². The highest BCUT2D eigenvalue weighted by Gasteiger charge is 2.20. The zero-order chi connectivity index (χ0) is 19.3. The zero-order valence-electron chi connectivity index (χ0n) is 16.0. The number of carbonyl (C=O) groups is 1. The Morgan fingerprint density at radius 3 is 2.25 bits per heavy atom. The van der Waals surface area contributed by atoms with E-state index in [1.165, 1.54) is 31.4 Å². The van der Waals surface area contributed by atoms with Crippen molar-refractivity contribution in [1.29, 1.82) is 0 Å². The fraction of sp³-hybridized carbons (Fsp3) is 0.476. The van der Waals surface area contributed by atoms with Crippen molar-refractivity contribution >= 4 is 17.4 Å². The molecule has 1 aromatic heterocycles. The number of piperazine rings is 1. The zero-order valence-corrected chi connectivity index (χ0v) is 16.0. The first-order valence-electron chi connectivity index (χ1n) is 10.1. The van der Waals surface area contributed by atoms with E-state index in [0.29, 0.717) is 5.69 Å². The molecule has 0 radical (unpaired) electrons. The molecule has 2 heterocycles. The average molecular weight is 383 g/mol. The van der Waals surface area contributed by atoms with Gasteiger partial charge in [0.15, 0.2) is 0 Å². The first kappa shape index (κ1) is 18.7. The van der Waals surface area contributed by atoms with Crippen LogP contribution in [0.4, 0.5) is 15.9 Å². The Balaban J connectivity index is 1.31. The van der Waals surface area contributed by atoms with Gasteiger partial charge in [0.1, 0.15) is 17.3 Å². The summed E-state index contributed by atoms with van der Waals surface area (Å²) >= 11 is 0. The minimum absolute atomic E-state index is 0.132. The van der Waals surface area contributed by atoms with Gasteiger partial charge in [-0.2, -0.15) is 0 Å². The summed E-state index contributed by atoms with van der Waals surface area (Å²) in [6, 6.07) is 6.87. The maximum atomic E-state index is 13.1. The highest BCUT2D eigenvalue weighted by atomic mass is 19.1. The molecular weight excluding hydrogens is 357 g/mol. The van der Waals surface area contributed by atoms with E-state index in [0.717, 1.165) is 50.5 Å². The molecule has 0 atom stereocenters. The third-order valence-corrected chi connectivity index (χ3v) is 5.61. The molecule has 2 aliphatic rings. The standard InChI is InChI=1S/C21H26FN5O/c22-16-6-8-18(9-7-16)26-10-12-27(13-11-26)20-15-23-19(14-24-20)21(28)25-17-4-2-1-3-5-17/h6-9,14-15,17H,1-5,10-13H2,(H,25,28). The van der Waals surface area contributed by atoms with Crippen molar-refractivity contribution in [1.82, 2.24) is 15.3 Å². The predicted molar refractivity (Wildman–Crippen MR) is 107 cm³/mol. The quantitative estimate of drug-likeness (QED) is 0.879. The number of amides is 1. The van der Waals surface area contributed by atoms with Crippen LogP contribution in [0.5, 0.6) is 0 Å². The summed E-state index contributed by atoms with van der Waals surface area (Å²) in [4.78, 5) is 25.6. The van der Waals surface area contributed by atoms with Gasteiger partial charge >= 0.3 is 0 Å². The Bertz CT molecular complexity index is 781. The van der Waals surface area contributed by atoms with E-state index in [-0.39, 0.29) is 17.8 Å². The van der Waals surface area contributed by atoms with Crippen molar-refractivity contribution in [3.8, 4) is 0 Å². The van der Waals surface area contributed by atoms with Crippen LogP contribution in [0, 0.1) is 5.82 Å². The van der Waals surface area contributed by atoms with Gasteiger partial charge in [-0.1, -0.05) is 19.3 Å². The van der Waals surface area contributed by atoms with E-state index in [9.17, 15) is 9.18 Å². The third-order valence-electron chi connectivity index (χ3n) is 5.61. The molecule has 1 aromatic carbocycles. The Morgan fingerprint density at radius 1 is 0.929 bits per heavy atom. The molecule has 2 aromatic rings. The summed E-state index contributed by atoms with van der Waals surface area (Å²) in [6.07, 6.45) is 8.97. The fourth-order valence-corrected chi connectivity index (χ4v) is 3.95. The minimum Gasteiger partial charge on any atom is -0.368 e. The number of benzene rings is 1. The van der Waals surface area contributed by atoms with Gasteiger partial charge in [0.05, 0.1) is 12.4 Å². The highest BCUT2D eigenvalue weighted by molar-refractivity contribution is 5.92. The molecule has 2 fully saturated rings. The molecule has 1 saturated carbocycles. The van der Waals surface area contributed by atoms with Crippen LogP contribution < -0.4 is 15.1 Å². The van der Waals surface area contributed by atoms with Crippen LogP contribution in [0.3, 0.4) is 0 Å². The van der Waals surface area contributed by atoms with Gasteiger partial charge in [-0.25, -0.2) is 14.4 Å². The van der Waals surface area contributed by atoms with E-state index in [2.05, 4.69) is 25.1 Å². The van der Waals surface area contributed by atoms with Crippen LogP contribution in [-0.4, -0.2) is 48.1 Å². The SMILES string of the molecule is O=C(NC1CCCCC1)c1cnc(N2CCN(c3ccc(F)cc3)CC2)cn1. The molecule has 6 nitrogen and oxygen atoms in total. The second-order valence-corrected chi connectivity index (χ2v) is 7.52. The van der Waals surface area contributed by atoms with Crippen molar-refractivity contribution in [2.75, 3.05) is 36.0 Å². The molecule has 0 bridgehead atoms. The molecule has 0 spiro atoms. The first-order chi connectivity index (χ1) is 13.7. The lowest BCUT2D eigenvalue weighted by molar-refractivity contribution is 0.0922. The smallest absolute Gasteiger partial charge is 0.271 e. The molecule has 7 heteroatoms. The van der Waals surface area contributed by atoms with Crippen LogP contribution in [0.15, 0.2) is 36.7 Å². The van der Waals surface area contributed by atoms with E-state index in [1.807, 2.05) is 12.1 Å². The van der Waals surface area contributed by atoms with Gasteiger partial charge in [-0.15, -0.1) is 0 Å². The van der Waals surface area contributed by atoms with Crippen molar-refractivity contribution in [2.45, 2.75) is 38.1 Å². The number of anilines is 2. The van der Waals surface area contributed by atoms with Gasteiger partial charge in [0, 0.05) is 37.9 Å². The number of nitrogens with zero attached hydrogens (tertiary/aromatic N) is 4. The third kappa shape index (κ3) is 4.40. The summed E-state index contributed by atoms with van der Waals surface area (Å²) in [7, 11) is 0. The molecular formula is C21H26FN5O. The first-order valence-corrected chi connectivity index (χ1v) is 10.1. The summed E-state index contributed by atoms with van der Waals surface area (Å²) < 4.78 is 13.1. The molecule has 148 valence electrons. The average Bonchev–Trinajstić information content (AvgIpc) is 2.75. The summed E-state index contributed by atoms with van der Waals surface area (Å²) in [5.74, 6) is 0.435. The Hall–Kier alpha value is -2.70. The van der Waals surface area contributed by atoms with Gasteiger partial charge in [0.25, 0.3) is 5.91 Å². The number of nitrogens with one attached hydrogen (secondary N) is 1. The van der Waals surface area contributed by atoms with E-state index in [4.69, 9.17) is 0 Å². The maximum Gasteiger partial charge on any atom is 0.271 e. The summed E-state index contributed by atoms with van der Waals surface area (Å²) in [5, 5.41) is 3.07. The van der Waals surface area contributed by atoms with Crippen LogP contribution in [0.2, 0.25) is 0 Å². The topological polar surface area (TPSA) is 61.4 Å². The Labute approximate surface area is 164 Å². The highest BCUT2D eigenvalue weighted by Crippen LogP contribution is 2.20.